The molecule has 0 atom stereocenters. The number of rotatable bonds is 5. The monoisotopic (exact) mass is 322 g/mol. The first-order valence-corrected chi connectivity index (χ1v) is 8.49. The van der Waals surface area contributed by atoms with Crippen molar-refractivity contribution in [2.45, 2.75) is 24.2 Å². The van der Waals surface area contributed by atoms with Gasteiger partial charge in [0.25, 0.3) is 5.56 Å². The lowest BCUT2D eigenvalue weighted by Crippen LogP contribution is -2.24. The Morgan fingerprint density at radius 2 is 1.57 bits per heavy atom. The van der Waals surface area contributed by atoms with Crippen LogP contribution in [0.25, 0.3) is 0 Å². The van der Waals surface area contributed by atoms with Crippen LogP contribution in [0, 0.1) is 6.92 Å². The summed E-state index contributed by atoms with van der Waals surface area (Å²) in [6.07, 6.45) is 1.65. The number of hydrogen-bond donors (Lipinski definition) is 0. The van der Waals surface area contributed by atoms with Crippen LogP contribution in [0.15, 0.2) is 76.8 Å². The van der Waals surface area contributed by atoms with Gasteiger partial charge >= 0.3 is 0 Å². The van der Waals surface area contributed by atoms with Crippen molar-refractivity contribution in [3.63, 3.8) is 0 Å². The Hall–Kier alpha value is -2.33. The molecule has 0 spiro atoms. The van der Waals surface area contributed by atoms with E-state index in [-0.39, 0.29) is 5.56 Å². The zero-order valence-corrected chi connectivity index (χ0v) is 13.8. The molecule has 2 aromatic carbocycles. The zero-order valence-electron chi connectivity index (χ0n) is 13.0. The molecule has 1 aromatic heterocycles. The van der Waals surface area contributed by atoms with Crippen LogP contribution in [-0.2, 0) is 12.3 Å². The lowest BCUT2D eigenvalue weighted by Gasteiger charge is -2.09. The molecule has 23 heavy (non-hydrogen) atoms. The Morgan fingerprint density at radius 1 is 0.957 bits per heavy atom. The van der Waals surface area contributed by atoms with Gasteiger partial charge in [0.1, 0.15) is 5.03 Å². The van der Waals surface area contributed by atoms with Crippen LogP contribution in [0.4, 0.5) is 0 Å². The molecule has 0 aliphatic rings. The average Bonchev–Trinajstić information content (AvgIpc) is 2.60. The van der Waals surface area contributed by atoms with E-state index in [9.17, 15) is 4.79 Å². The highest BCUT2D eigenvalue weighted by Gasteiger charge is 2.08. The van der Waals surface area contributed by atoms with Crippen molar-refractivity contribution in [3.8, 4) is 0 Å². The van der Waals surface area contributed by atoms with Crippen molar-refractivity contribution < 1.29 is 0 Å². The Balaban J connectivity index is 1.76. The van der Waals surface area contributed by atoms with E-state index < -0.39 is 0 Å². The van der Waals surface area contributed by atoms with E-state index in [0.29, 0.717) is 12.1 Å². The zero-order chi connectivity index (χ0) is 16.1. The third-order valence-corrected chi connectivity index (χ3v) is 4.79. The molecule has 0 saturated carbocycles. The van der Waals surface area contributed by atoms with Crippen LogP contribution in [-0.4, -0.2) is 9.55 Å². The number of thioether (sulfide) groups is 1. The third kappa shape index (κ3) is 3.90. The van der Waals surface area contributed by atoms with E-state index in [1.54, 1.807) is 22.7 Å². The quantitative estimate of drug-likeness (QED) is 0.528. The molecule has 0 unspecified atom stereocenters. The normalized spacial score (nSPS) is 10.7. The minimum absolute atomic E-state index is 0.0272. The Bertz CT molecular complexity index is 829. The van der Waals surface area contributed by atoms with Crippen molar-refractivity contribution >= 4 is 11.8 Å². The van der Waals surface area contributed by atoms with Gasteiger partial charge in [0.05, 0.1) is 12.9 Å². The molecule has 3 aromatic rings. The van der Waals surface area contributed by atoms with E-state index in [1.807, 2.05) is 55.5 Å². The maximum Gasteiger partial charge on any atom is 0.257 e. The summed E-state index contributed by atoms with van der Waals surface area (Å²) in [4.78, 5) is 17.0. The van der Waals surface area contributed by atoms with Gasteiger partial charge in [0, 0.05) is 11.3 Å². The molecule has 116 valence electrons. The molecular weight excluding hydrogens is 304 g/mol. The first-order valence-electron chi connectivity index (χ1n) is 7.51. The highest BCUT2D eigenvalue weighted by molar-refractivity contribution is 7.98. The van der Waals surface area contributed by atoms with Gasteiger partial charge in [0.2, 0.25) is 0 Å². The number of nitrogens with zero attached hydrogens (tertiary/aromatic N) is 2. The summed E-state index contributed by atoms with van der Waals surface area (Å²) < 4.78 is 1.66. The molecule has 0 aliphatic carbocycles. The molecule has 0 aliphatic heterocycles. The molecule has 4 heteroatoms. The topological polar surface area (TPSA) is 34.9 Å². The second-order valence-electron chi connectivity index (χ2n) is 5.37. The summed E-state index contributed by atoms with van der Waals surface area (Å²) in [5, 5.41) is 0.808. The maximum atomic E-state index is 12.5. The van der Waals surface area contributed by atoms with Gasteiger partial charge in [0.15, 0.2) is 0 Å². The summed E-state index contributed by atoms with van der Waals surface area (Å²) in [7, 11) is 0. The van der Waals surface area contributed by atoms with Gasteiger partial charge < -0.3 is 0 Å². The summed E-state index contributed by atoms with van der Waals surface area (Å²) in [6, 6.07) is 20.2. The fraction of sp³-hybridized carbons (Fsp3) is 0.158. The number of aromatic nitrogens is 2. The average molecular weight is 322 g/mol. The van der Waals surface area contributed by atoms with Gasteiger partial charge in [-0.25, -0.2) is 4.98 Å². The molecular formula is C19H18N2OS. The van der Waals surface area contributed by atoms with Crippen LogP contribution >= 0.6 is 11.8 Å². The molecule has 0 amide bonds. The predicted octanol–water partition coefficient (Wildman–Crippen LogP) is 3.89. The second kappa shape index (κ2) is 7.29. The first kappa shape index (κ1) is 15.6. The van der Waals surface area contributed by atoms with Crippen molar-refractivity contribution in [1.29, 1.82) is 0 Å². The minimum atomic E-state index is 0.0272. The minimum Gasteiger partial charge on any atom is -0.294 e. The van der Waals surface area contributed by atoms with Gasteiger partial charge in [-0.3, -0.25) is 9.36 Å². The Kier molecular flexibility index (Phi) is 4.93. The maximum absolute atomic E-state index is 12.5. The largest absolute Gasteiger partial charge is 0.294 e. The van der Waals surface area contributed by atoms with Crippen LogP contribution in [0.5, 0.6) is 0 Å². The van der Waals surface area contributed by atoms with Crippen LogP contribution < -0.4 is 5.56 Å². The molecule has 3 nitrogen and oxygen atoms in total. The number of hydrogen-bond acceptors (Lipinski definition) is 3. The predicted molar refractivity (Wildman–Crippen MR) is 94.8 cm³/mol. The van der Waals surface area contributed by atoms with Crippen LogP contribution in [0.2, 0.25) is 0 Å². The van der Waals surface area contributed by atoms with Crippen molar-refractivity contribution in [3.05, 3.63) is 94.0 Å². The third-order valence-electron chi connectivity index (χ3n) is 3.63. The summed E-state index contributed by atoms with van der Waals surface area (Å²) >= 11 is 1.60. The fourth-order valence-electron chi connectivity index (χ4n) is 2.34. The van der Waals surface area contributed by atoms with Gasteiger partial charge in [-0.05, 0) is 18.1 Å². The van der Waals surface area contributed by atoms with E-state index >= 15 is 0 Å². The molecule has 0 radical (unpaired) electrons. The van der Waals surface area contributed by atoms with Crippen molar-refractivity contribution in [2.24, 2.45) is 0 Å². The van der Waals surface area contributed by atoms with E-state index in [4.69, 9.17) is 0 Å². The molecule has 1 heterocycles. The van der Waals surface area contributed by atoms with E-state index in [2.05, 4.69) is 17.1 Å². The van der Waals surface area contributed by atoms with Gasteiger partial charge in [-0.15, -0.1) is 11.8 Å². The smallest absolute Gasteiger partial charge is 0.257 e. The molecule has 0 N–H and O–H groups in total. The summed E-state index contributed by atoms with van der Waals surface area (Å²) in [5.41, 5.74) is 3.07. The summed E-state index contributed by atoms with van der Waals surface area (Å²) in [6.45, 7) is 2.40. The van der Waals surface area contributed by atoms with Crippen LogP contribution in [0.3, 0.4) is 0 Å². The Labute approximate surface area is 140 Å². The summed E-state index contributed by atoms with van der Waals surface area (Å²) in [5.74, 6) is 0.816. The van der Waals surface area contributed by atoms with E-state index in [0.717, 1.165) is 16.3 Å². The fourth-order valence-corrected chi connectivity index (χ4v) is 3.26. The van der Waals surface area contributed by atoms with Gasteiger partial charge in [-0.2, -0.15) is 0 Å². The van der Waals surface area contributed by atoms with E-state index in [1.165, 1.54) is 5.56 Å². The van der Waals surface area contributed by atoms with Gasteiger partial charge in [-0.1, -0.05) is 60.7 Å². The van der Waals surface area contributed by atoms with Crippen molar-refractivity contribution in [2.75, 3.05) is 0 Å². The molecule has 0 fully saturated rings. The number of benzene rings is 2. The lowest BCUT2D eigenvalue weighted by molar-refractivity contribution is 0.709. The molecule has 0 saturated heterocycles. The highest BCUT2D eigenvalue weighted by Crippen LogP contribution is 2.21. The SMILES string of the molecule is Cc1c(SCc2ccccc2)ncn(Cc2ccccc2)c1=O. The highest BCUT2D eigenvalue weighted by atomic mass is 32.2. The molecule has 3 rings (SSSR count). The Morgan fingerprint density at radius 3 is 2.22 bits per heavy atom. The molecule has 0 bridgehead atoms. The standard InChI is InChI=1S/C19H18N2OS/c1-15-18(23-13-17-10-6-3-7-11-17)20-14-21(19(15)22)12-16-8-4-2-5-9-16/h2-11,14H,12-13H2,1H3. The second-order valence-corrected chi connectivity index (χ2v) is 6.33. The first-order chi connectivity index (χ1) is 11.2. The van der Waals surface area contributed by atoms with Crippen LogP contribution in [0.1, 0.15) is 16.7 Å². The van der Waals surface area contributed by atoms with Crippen molar-refractivity contribution in [1.82, 2.24) is 9.55 Å². The lowest BCUT2D eigenvalue weighted by atomic mass is 10.2.